The van der Waals surface area contributed by atoms with E-state index in [9.17, 15) is 23.1 Å². The first-order valence-electron chi connectivity index (χ1n) is 2.79. The molecule has 0 saturated heterocycles. The normalized spacial score (nSPS) is 11.6. The zero-order chi connectivity index (χ0) is 9.35. The summed E-state index contributed by atoms with van der Waals surface area (Å²) in [5.41, 5.74) is 0. The van der Waals surface area contributed by atoms with Crippen molar-refractivity contribution in [1.82, 2.24) is 0 Å². The number of carboxylic acid groups (broad SMARTS) is 1. The average Bonchev–Trinajstić information content (AvgIpc) is 2.30. The van der Waals surface area contributed by atoms with Gasteiger partial charge in [-0.2, -0.15) is 13.2 Å². The largest absolute Gasteiger partial charge is 0.544 e. The van der Waals surface area contributed by atoms with Crippen molar-refractivity contribution in [2.45, 2.75) is 6.18 Å². The van der Waals surface area contributed by atoms with Gasteiger partial charge >= 0.3 is 6.18 Å². The molecule has 0 spiro atoms. The van der Waals surface area contributed by atoms with Crippen LogP contribution in [0.1, 0.15) is 14.5 Å². The highest BCUT2D eigenvalue weighted by atomic mass is 32.1. The SMILES string of the molecule is O=C([O-])c1ccc(C(F)(F)F)s1. The van der Waals surface area contributed by atoms with E-state index in [2.05, 4.69) is 0 Å². The minimum atomic E-state index is -4.47. The highest BCUT2D eigenvalue weighted by Crippen LogP contribution is 2.34. The molecule has 0 fully saturated rings. The first-order chi connectivity index (χ1) is 5.41. The molecule has 0 bridgehead atoms. The maximum absolute atomic E-state index is 11.9. The summed E-state index contributed by atoms with van der Waals surface area (Å²) in [6, 6.07) is 1.60. The van der Waals surface area contributed by atoms with Gasteiger partial charge in [0, 0.05) is 0 Å². The van der Waals surface area contributed by atoms with Gasteiger partial charge in [0.1, 0.15) is 4.88 Å². The molecule has 66 valence electrons. The lowest BCUT2D eigenvalue weighted by Gasteiger charge is -2.00. The van der Waals surface area contributed by atoms with Crippen LogP contribution in [0.5, 0.6) is 0 Å². The van der Waals surface area contributed by atoms with Crippen molar-refractivity contribution in [3.8, 4) is 0 Å². The quantitative estimate of drug-likeness (QED) is 0.673. The molecule has 0 N–H and O–H groups in total. The molecular formula is C6H2F3O2S-. The third-order valence-corrected chi connectivity index (χ3v) is 2.20. The van der Waals surface area contributed by atoms with Crippen molar-refractivity contribution >= 4 is 17.3 Å². The Balaban J connectivity index is 3.00. The van der Waals surface area contributed by atoms with Gasteiger partial charge in [-0.25, -0.2) is 0 Å². The van der Waals surface area contributed by atoms with Gasteiger partial charge in [-0.1, -0.05) is 0 Å². The standard InChI is InChI=1S/C6H3F3O2S/c7-6(8,9)4-2-1-3(12-4)5(10)11/h1-2H,(H,10,11)/p-1. The van der Waals surface area contributed by atoms with E-state index in [1.807, 2.05) is 0 Å². The highest BCUT2D eigenvalue weighted by molar-refractivity contribution is 7.14. The molecule has 1 aromatic rings. The van der Waals surface area contributed by atoms with Crippen molar-refractivity contribution in [3.63, 3.8) is 0 Å². The third-order valence-electron chi connectivity index (χ3n) is 1.09. The number of rotatable bonds is 1. The third kappa shape index (κ3) is 1.76. The predicted octanol–water partition coefficient (Wildman–Crippen LogP) is 1.13. The minimum Gasteiger partial charge on any atom is -0.544 e. The zero-order valence-electron chi connectivity index (χ0n) is 5.51. The van der Waals surface area contributed by atoms with Gasteiger partial charge in [-0.3, -0.25) is 0 Å². The van der Waals surface area contributed by atoms with Gasteiger partial charge in [-0.05, 0) is 12.1 Å². The monoisotopic (exact) mass is 195 g/mol. The van der Waals surface area contributed by atoms with Gasteiger partial charge in [0.2, 0.25) is 0 Å². The van der Waals surface area contributed by atoms with E-state index < -0.39 is 21.9 Å². The van der Waals surface area contributed by atoms with Crippen molar-refractivity contribution in [2.24, 2.45) is 0 Å². The van der Waals surface area contributed by atoms with Gasteiger partial charge in [0.25, 0.3) is 0 Å². The predicted molar refractivity (Wildman–Crippen MR) is 33.7 cm³/mol. The minimum absolute atomic E-state index is 0.161. The molecule has 1 aromatic heterocycles. The van der Waals surface area contributed by atoms with Crippen LogP contribution >= 0.6 is 11.3 Å². The number of alkyl halides is 3. The van der Waals surface area contributed by atoms with E-state index in [0.717, 1.165) is 12.1 Å². The second-order valence-electron chi connectivity index (χ2n) is 1.95. The Morgan fingerprint density at radius 3 is 2.25 bits per heavy atom. The number of aromatic carboxylic acids is 1. The second-order valence-corrected chi connectivity index (χ2v) is 3.03. The molecule has 0 saturated carbocycles. The molecule has 2 nitrogen and oxygen atoms in total. The molecule has 0 aliphatic carbocycles. The fourth-order valence-corrected chi connectivity index (χ4v) is 1.31. The number of carboxylic acids is 1. The summed E-state index contributed by atoms with van der Waals surface area (Å²) in [6.45, 7) is 0. The average molecular weight is 195 g/mol. The molecular weight excluding hydrogens is 193 g/mol. The maximum atomic E-state index is 11.9. The summed E-state index contributed by atoms with van der Waals surface area (Å²) in [5, 5.41) is 10.1. The molecule has 0 unspecified atom stereocenters. The van der Waals surface area contributed by atoms with Gasteiger partial charge in [-0.15, -0.1) is 11.3 Å². The van der Waals surface area contributed by atoms with E-state index in [-0.39, 0.29) is 11.3 Å². The first kappa shape index (κ1) is 9.05. The second kappa shape index (κ2) is 2.78. The van der Waals surface area contributed by atoms with Crippen LogP contribution in [-0.4, -0.2) is 5.97 Å². The summed E-state index contributed by atoms with van der Waals surface area (Å²) in [5.74, 6) is -1.59. The van der Waals surface area contributed by atoms with Crippen molar-refractivity contribution in [2.75, 3.05) is 0 Å². The Kier molecular flexibility index (Phi) is 2.10. The smallest absolute Gasteiger partial charge is 0.425 e. The molecule has 0 radical (unpaired) electrons. The lowest BCUT2D eigenvalue weighted by molar-refractivity contribution is -0.254. The number of hydrogen-bond acceptors (Lipinski definition) is 3. The van der Waals surface area contributed by atoms with Crippen molar-refractivity contribution in [1.29, 1.82) is 0 Å². The molecule has 1 rings (SSSR count). The number of halogens is 3. The van der Waals surface area contributed by atoms with Crippen LogP contribution in [0.4, 0.5) is 13.2 Å². The molecule has 0 atom stereocenters. The molecule has 12 heavy (non-hydrogen) atoms. The van der Waals surface area contributed by atoms with E-state index >= 15 is 0 Å². The Labute approximate surface area is 69.3 Å². The fourth-order valence-electron chi connectivity index (χ4n) is 0.600. The van der Waals surface area contributed by atoms with Gasteiger partial charge in [0.15, 0.2) is 0 Å². The van der Waals surface area contributed by atoms with Crippen molar-refractivity contribution in [3.05, 3.63) is 21.9 Å². The van der Waals surface area contributed by atoms with Gasteiger partial charge in [0.05, 0.1) is 10.8 Å². The zero-order valence-corrected chi connectivity index (χ0v) is 6.33. The molecule has 0 amide bonds. The summed E-state index contributed by atoms with van der Waals surface area (Å²) in [7, 11) is 0. The Bertz CT molecular complexity index is 302. The molecule has 0 aliphatic heterocycles. The summed E-state index contributed by atoms with van der Waals surface area (Å²) in [6.07, 6.45) is -4.47. The Morgan fingerprint density at radius 1 is 1.42 bits per heavy atom. The summed E-state index contributed by atoms with van der Waals surface area (Å²) < 4.78 is 35.6. The molecule has 1 heterocycles. The van der Waals surface area contributed by atoms with Crippen LogP contribution in [-0.2, 0) is 6.18 Å². The summed E-state index contributed by atoms with van der Waals surface area (Å²) in [4.78, 5) is 8.73. The van der Waals surface area contributed by atoms with Crippen LogP contribution in [0.25, 0.3) is 0 Å². The van der Waals surface area contributed by atoms with Crippen molar-refractivity contribution < 1.29 is 23.1 Å². The van der Waals surface area contributed by atoms with E-state index in [0.29, 0.717) is 0 Å². The van der Waals surface area contributed by atoms with Gasteiger partial charge < -0.3 is 9.90 Å². The Morgan fingerprint density at radius 2 is 2.00 bits per heavy atom. The number of carbonyl (C=O) groups is 1. The fraction of sp³-hybridized carbons (Fsp3) is 0.167. The topological polar surface area (TPSA) is 40.1 Å². The van der Waals surface area contributed by atoms with Crippen LogP contribution in [0.2, 0.25) is 0 Å². The van der Waals surface area contributed by atoms with Crippen LogP contribution < -0.4 is 5.11 Å². The number of carbonyl (C=O) groups excluding carboxylic acids is 1. The molecule has 0 aliphatic rings. The first-order valence-corrected chi connectivity index (χ1v) is 3.61. The Hall–Kier alpha value is -1.04. The van der Waals surface area contributed by atoms with E-state index in [4.69, 9.17) is 0 Å². The highest BCUT2D eigenvalue weighted by Gasteiger charge is 2.32. The lowest BCUT2D eigenvalue weighted by atomic mass is 10.4. The molecule has 6 heteroatoms. The van der Waals surface area contributed by atoms with E-state index in [1.165, 1.54) is 0 Å². The lowest BCUT2D eigenvalue weighted by Crippen LogP contribution is -2.20. The van der Waals surface area contributed by atoms with E-state index in [1.54, 1.807) is 0 Å². The van der Waals surface area contributed by atoms with Crippen LogP contribution in [0.15, 0.2) is 12.1 Å². The number of hydrogen-bond donors (Lipinski definition) is 0. The summed E-state index contributed by atoms with van der Waals surface area (Å²) >= 11 is 0.161. The maximum Gasteiger partial charge on any atom is 0.425 e. The number of thiophene rings is 1. The molecule has 0 aromatic carbocycles. The van der Waals surface area contributed by atoms with Crippen LogP contribution in [0, 0.1) is 0 Å². The van der Waals surface area contributed by atoms with Crippen LogP contribution in [0.3, 0.4) is 0 Å².